The highest BCUT2D eigenvalue weighted by Crippen LogP contribution is 2.26. The van der Waals surface area contributed by atoms with E-state index in [-0.39, 0.29) is 18.9 Å². The van der Waals surface area contributed by atoms with E-state index in [9.17, 15) is 33.6 Å². The fraction of sp³-hybridized carbons (Fsp3) is 0.933. The Labute approximate surface area is 353 Å². The number of hydrogen-bond donors (Lipinski definition) is 6. The van der Waals surface area contributed by atoms with Gasteiger partial charge in [0.2, 0.25) is 5.91 Å². The maximum absolute atomic E-state index is 13.0. The van der Waals surface area contributed by atoms with Crippen LogP contribution in [0.3, 0.4) is 0 Å². The normalized spacial score (nSPS) is 21.1. The largest absolute Gasteiger partial charge is 0.397 e. The molecule has 0 aliphatic carbocycles. The van der Waals surface area contributed by atoms with Crippen molar-refractivity contribution in [3.05, 3.63) is 12.2 Å². The van der Waals surface area contributed by atoms with Gasteiger partial charge in [-0.3, -0.25) is 9.35 Å². The Morgan fingerprint density at radius 2 is 1.09 bits per heavy atom. The highest BCUT2D eigenvalue weighted by molar-refractivity contribution is 7.80. The molecule has 0 saturated carbocycles. The quantitative estimate of drug-likeness (QED) is 0.0196. The first-order chi connectivity index (χ1) is 28.0. The molecule has 1 rings (SSSR count). The smallest absolute Gasteiger partial charge is 0.394 e. The molecule has 0 spiro atoms. The summed E-state index contributed by atoms with van der Waals surface area (Å²) >= 11 is 0. The molecule has 0 radical (unpaired) electrons. The lowest BCUT2D eigenvalue weighted by molar-refractivity contribution is -0.298. The minimum atomic E-state index is -5.08. The van der Waals surface area contributed by atoms with E-state index < -0.39 is 59.9 Å². The first kappa shape index (κ1) is 54.9. The Bertz CT molecular complexity index is 1090. The van der Waals surface area contributed by atoms with Crippen LogP contribution in [-0.4, -0.2) is 95.4 Å². The molecule has 7 atom stereocenters. The topological polar surface area (TPSA) is 192 Å². The maximum atomic E-state index is 13.0. The van der Waals surface area contributed by atoms with E-state index in [0.717, 1.165) is 38.5 Å². The molecule has 1 saturated heterocycles. The van der Waals surface area contributed by atoms with Gasteiger partial charge < -0.3 is 35.2 Å². The third kappa shape index (κ3) is 29.2. The van der Waals surface area contributed by atoms with Crippen LogP contribution >= 0.6 is 0 Å². The Hall–Kier alpha value is -1.16. The van der Waals surface area contributed by atoms with Crippen LogP contribution in [0.4, 0.5) is 0 Å². The van der Waals surface area contributed by atoms with Gasteiger partial charge in [0, 0.05) is 6.42 Å². The van der Waals surface area contributed by atoms with Crippen molar-refractivity contribution in [1.82, 2.24) is 5.32 Å². The second-order valence-electron chi connectivity index (χ2n) is 16.7. The third-order valence-electron chi connectivity index (χ3n) is 11.3. The van der Waals surface area contributed by atoms with Crippen LogP contribution in [0.1, 0.15) is 213 Å². The van der Waals surface area contributed by atoms with Gasteiger partial charge in [-0.05, 0) is 19.3 Å². The molecule has 13 heteroatoms. The van der Waals surface area contributed by atoms with Gasteiger partial charge in [-0.2, -0.15) is 8.42 Å². The molecule has 0 bridgehead atoms. The van der Waals surface area contributed by atoms with Gasteiger partial charge in [-0.25, -0.2) is 4.18 Å². The first-order valence-corrected chi connectivity index (χ1v) is 24.9. The van der Waals surface area contributed by atoms with Crippen molar-refractivity contribution in [2.24, 2.45) is 0 Å². The Morgan fingerprint density at radius 1 is 0.672 bits per heavy atom. The average molecular weight is 850 g/mol. The van der Waals surface area contributed by atoms with E-state index >= 15 is 0 Å². The standard InChI is InChI=1S/C45H87NO11S/c1-3-5-7-9-11-13-15-16-17-18-19-20-21-22-23-24-25-27-29-31-33-35-41(49)46-38(39(48)34-32-30-28-26-14-12-10-8-6-4-2)37-55-45-43(51)44(57-58(52,53)54)42(50)40(36-47)56-45/h32,34,38-40,42-45,47-48,50-51H,3-31,33,35-37H2,1-2H3,(H,46,49)(H,52,53,54)/b34-32+. The molecule has 1 aliphatic rings. The monoisotopic (exact) mass is 850 g/mol. The summed E-state index contributed by atoms with van der Waals surface area (Å²) in [5.41, 5.74) is 0. The molecule has 12 nitrogen and oxygen atoms in total. The number of allylic oxidation sites excluding steroid dienone is 1. The summed E-state index contributed by atoms with van der Waals surface area (Å²) in [7, 11) is -5.08. The van der Waals surface area contributed by atoms with Crippen molar-refractivity contribution in [2.75, 3.05) is 13.2 Å². The number of aliphatic hydroxyl groups excluding tert-OH is 4. The number of unbranched alkanes of at least 4 members (excludes halogenated alkanes) is 28. The second kappa shape index (κ2) is 36.5. The number of nitrogens with one attached hydrogen (secondary N) is 1. The van der Waals surface area contributed by atoms with E-state index in [0.29, 0.717) is 6.42 Å². The summed E-state index contributed by atoms with van der Waals surface area (Å²) in [6, 6.07) is -0.937. The van der Waals surface area contributed by atoms with Gasteiger partial charge in [-0.1, -0.05) is 199 Å². The number of hydrogen-bond acceptors (Lipinski definition) is 10. The molecule has 1 heterocycles. The highest BCUT2D eigenvalue weighted by Gasteiger charge is 2.48. The van der Waals surface area contributed by atoms with Crippen LogP contribution in [-0.2, 0) is 28.9 Å². The zero-order valence-electron chi connectivity index (χ0n) is 36.6. The molecule has 344 valence electrons. The van der Waals surface area contributed by atoms with Gasteiger partial charge in [0.1, 0.15) is 24.4 Å². The summed E-state index contributed by atoms with van der Waals surface area (Å²) in [4.78, 5) is 13.0. The van der Waals surface area contributed by atoms with Gasteiger partial charge in [-0.15, -0.1) is 0 Å². The van der Waals surface area contributed by atoms with Gasteiger partial charge in [0.15, 0.2) is 6.29 Å². The Morgan fingerprint density at radius 3 is 1.50 bits per heavy atom. The fourth-order valence-corrected chi connectivity index (χ4v) is 8.14. The lowest BCUT2D eigenvalue weighted by Gasteiger charge is -2.41. The van der Waals surface area contributed by atoms with Crippen LogP contribution in [0.5, 0.6) is 0 Å². The van der Waals surface area contributed by atoms with E-state index in [1.54, 1.807) is 6.08 Å². The molecule has 0 aromatic rings. The second-order valence-corrected chi connectivity index (χ2v) is 17.8. The van der Waals surface area contributed by atoms with Gasteiger partial charge in [0.05, 0.1) is 25.4 Å². The zero-order chi connectivity index (χ0) is 42.7. The first-order valence-electron chi connectivity index (χ1n) is 23.6. The lowest BCUT2D eigenvalue weighted by Crippen LogP contribution is -2.61. The molecule has 0 aromatic carbocycles. The summed E-state index contributed by atoms with van der Waals surface area (Å²) < 4.78 is 47.5. The Kier molecular flexibility index (Phi) is 34.5. The predicted octanol–water partition coefficient (Wildman–Crippen LogP) is 9.16. The molecule has 1 fully saturated rings. The zero-order valence-corrected chi connectivity index (χ0v) is 37.4. The Balaban J connectivity index is 2.41. The van der Waals surface area contributed by atoms with Gasteiger partial charge in [0.25, 0.3) is 0 Å². The molecular formula is C45H87NO11S. The van der Waals surface area contributed by atoms with Crippen LogP contribution in [0.15, 0.2) is 12.2 Å². The summed E-state index contributed by atoms with van der Waals surface area (Å²) in [5, 5.41) is 44.6. The van der Waals surface area contributed by atoms with Crippen molar-refractivity contribution < 1.29 is 51.8 Å². The number of aliphatic hydroxyl groups is 4. The van der Waals surface area contributed by atoms with E-state index in [1.807, 2.05) is 6.08 Å². The van der Waals surface area contributed by atoms with Crippen molar-refractivity contribution >= 4 is 16.3 Å². The number of ether oxygens (including phenoxy) is 2. The predicted molar refractivity (Wildman–Crippen MR) is 232 cm³/mol. The maximum Gasteiger partial charge on any atom is 0.397 e. The van der Waals surface area contributed by atoms with E-state index in [2.05, 4.69) is 23.3 Å². The highest BCUT2D eigenvalue weighted by atomic mass is 32.3. The third-order valence-corrected chi connectivity index (χ3v) is 11.8. The van der Waals surface area contributed by atoms with Gasteiger partial charge >= 0.3 is 10.4 Å². The van der Waals surface area contributed by atoms with Crippen LogP contribution in [0, 0.1) is 0 Å². The number of amides is 1. The summed E-state index contributed by atoms with van der Waals surface area (Å²) in [6.07, 6.45) is 31.2. The molecule has 6 N–H and O–H groups in total. The molecule has 58 heavy (non-hydrogen) atoms. The minimum absolute atomic E-state index is 0.261. The van der Waals surface area contributed by atoms with Crippen molar-refractivity contribution in [3.63, 3.8) is 0 Å². The van der Waals surface area contributed by atoms with Crippen molar-refractivity contribution in [1.29, 1.82) is 0 Å². The minimum Gasteiger partial charge on any atom is -0.394 e. The molecule has 1 amide bonds. The van der Waals surface area contributed by atoms with Crippen molar-refractivity contribution in [2.45, 2.75) is 256 Å². The average Bonchev–Trinajstić information content (AvgIpc) is 3.19. The fourth-order valence-electron chi connectivity index (χ4n) is 7.63. The van der Waals surface area contributed by atoms with Crippen LogP contribution in [0.2, 0.25) is 0 Å². The number of carbonyl (C=O) groups is 1. The van der Waals surface area contributed by atoms with E-state index in [4.69, 9.17) is 14.0 Å². The molecule has 1 aliphatic heterocycles. The molecule has 7 unspecified atom stereocenters. The van der Waals surface area contributed by atoms with E-state index in [1.165, 1.54) is 148 Å². The summed E-state index contributed by atoms with van der Waals surface area (Å²) in [6.45, 7) is 3.37. The summed E-state index contributed by atoms with van der Waals surface area (Å²) in [5.74, 6) is -0.261. The van der Waals surface area contributed by atoms with Crippen LogP contribution < -0.4 is 5.32 Å². The van der Waals surface area contributed by atoms with Crippen molar-refractivity contribution in [3.8, 4) is 0 Å². The number of rotatable bonds is 40. The lowest BCUT2D eigenvalue weighted by atomic mass is 9.99. The molecular weight excluding hydrogens is 763 g/mol. The number of carbonyl (C=O) groups excluding carboxylic acids is 1. The van der Waals surface area contributed by atoms with Crippen LogP contribution in [0.25, 0.3) is 0 Å². The molecule has 0 aromatic heterocycles. The SMILES string of the molecule is CCCCCCCCCC/C=C/C(O)C(COC1OC(CO)C(O)C(OS(=O)(=O)O)C1O)NC(=O)CCCCCCCCCCCCCCCCCCCCCCC.